The van der Waals surface area contributed by atoms with E-state index in [0.29, 0.717) is 17.5 Å². The molecule has 55 heavy (non-hydrogen) atoms. The standard InChI is InChI=1S/C51H35N3O/c1-3-13-32(14-4-1)49-52-50(33-15-5-2-6-16-33)54-51(53-49)37-18-11-17-36(29-37)38-22-12-23-42-39-19-7-8-20-40(39)44-30-34(25-27-43(44)48(38)42)35-26-28-47-45(31-35)41-21-9-10-24-46(41)55-47/h1,3-5,7-31,43,48H,2,6H2. The van der Waals surface area contributed by atoms with E-state index in [-0.39, 0.29) is 11.8 Å². The zero-order chi connectivity index (χ0) is 36.3. The molecule has 2 unspecified atom stereocenters. The number of aromatic nitrogens is 3. The zero-order valence-corrected chi connectivity index (χ0v) is 30.1. The number of fused-ring (bicyclic) bond motifs is 7. The molecule has 5 aromatic carbocycles. The summed E-state index contributed by atoms with van der Waals surface area (Å²) in [5.74, 6) is 2.38. The number of para-hydroxylation sites is 1. The number of rotatable bonds is 5. The van der Waals surface area contributed by atoms with Gasteiger partial charge < -0.3 is 4.42 Å². The molecule has 260 valence electrons. The maximum absolute atomic E-state index is 6.16. The Morgan fingerprint density at radius 3 is 2.15 bits per heavy atom. The Labute approximate surface area is 319 Å². The number of hydrogen-bond donors (Lipinski definition) is 0. The molecule has 11 rings (SSSR count). The Morgan fingerprint density at radius 2 is 1.27 bits per heavy atom. The van der Waals surface area contributed by atoms with Gasteiger partial charge in [-0.15, -0.1) is 0 Å². The van der Waals surface area contributed by atoms with Crippen LogP contribution in [0.5, 0.6) is 0 Å². The lowest BCUT2D eigenvalue weighted by Gasteiger charge is -2.36. The van der Waals surface area contributed by atoms with Gasteiger partial charge in [-0.05, 0) is 87.0 Å². The van der Waals surface area contributed by atoms with E-state index in [4.69, 9.17) is 19.4 Å². The third kappa shape index (κ3) is 5.41. The first-order chi connectivity index (χ1) is 27.2. The van der Waals surface area contributed by atoms with E-state index in [9.17, 15) is 0 Å². The van der Waals surface area contributed by atoms with Crippen LogP contribution >= 0.6 is 0 Å². The Hall–Kier alpha value is -6.91. The van der Waals surface area contributed by atoms with E-state index in [1.54, 1.807) is 0 Å². The summed E-state index contributed by atoms with van der Waals surface area (Å²) in [6, 6.07) is 42.7. The predicted octanol–water partition coefficient (Wildman–Crippen LogP) is 10.7. The molecule has 0 spiro atoms. The second-order valence-electron chi connectivity index (χ2n) is 14.6. The molecule has 0 saturated heterocycles. The van der Waals surface area contributed by atoms with Crippen LogP contribution in [0.2, 0.25) is 0 Å². The summed E-state index contributed by atoms with van der Waals surface area (Å²) < 4.78 is 6.16. The van der Waals surface area contributed by atoms with Crippen molar-refractivity contribution in [3.05, 3.63) is 203 Å². The highest BCUT2D eigenvalue weighted by atomic mass is 16.3. The highest BCUT2D eigenvalue weighted by Gasteiger charge is 2.35. The third-order valence-electron chi connectivity index (χ3n) is 11.4. The summed E-state index contributed by atoms with van der Waals surface area (Å²) >= 11 is 0. The lowest BCUT2D eigenvalue weighted by Crippen LogP contribution is -2.40. The van der Waals surface area contributed by atoms with Crippen LogP contribution in [0.25, 0.3) is 72.6 Å². The molecule has 4 aliphatic rings. The van der Waals surface area contributed by atoms with Crippen molar-refractivity contribution < 1.29 is 4.42 Å². The van der Waals surface area contributed by atoms with Crippen LogP contribution in [0.3, 0.4) is 0 Å². The van der Waals surface area contributed by atoms with Crippen molar-refractivity contribution in [2.75, 3.05) is 0 Å². The molecule has 4 aliphatic carbocycles. The Bertz CT molecular complexity index is 3040. The lowest BCUT2D eigenvalue weighted by atomic mass is 9.67. The van der Waals surface area contributed by atoms with Gasteiger partial charge in [0.25, 0.3) is 0 Å². The van der Waals surface area contributed by atoms with Gasteiger partial charge in [-0.3, -0.25) is 0 Å². The normalized spacial score (nSPS) is 18.4. The van der Waals surface area contributed by atoms with E-state index in [1.165, 1.54) is 43.9 Å². The van der Waals surface area contributed by atoms with Crippen LogP contribution in [-0.2, 0) is 0 Å². The number of hydrogen-bond acceptors (Lipinski definition) is 4. The molecule has 0 fully saturated rings. The van der Waals surface area contributed by atoms with Crippen molar-refractivity contribution in [2.24, 2.45) is 11.8 Å². The Kier molecular flexibility index (Phi) is 7.41. The van der Waals surface area contributed by atoms with Gasteiger partial charge in [0.15, 0.2) is 17.5 Å². The zero-order valence-electron chi connectivity index (χ0n) is 30.1. The largest absolute Gasteiger partial charge is 0.456 e. The fourth-order valence-corrected chi connectivity index (χ4v) is 8.76. The minimum Gasteiger partial charge on any atom is -0.456 e. The van der Waals surface area contributed by atoms with Crippen molar-refractivity contribution in [1.29, 1.82) is 0 Å². The average molecular weight is 706 g/mol. The van der Waals surface area contributed by atoms with Gasteiger partial charge in [0.05, 0.1) is 0 Å². The second kappa shape index (κ2) is 12.9. The van der Waals surface area contributed by atoms with Crippen molar-refractivity contribution in [1.82, 2.24) is 15.0 Å². The van der Waals surface area contributed by atoms with Crippen LogP contribution in [-0.4, -0.2) is 15.0 Å². The van der Waals surface area contributed by atoms with Crippen LogP contribution in [0.15, 0.2) is 180 Å². The average Bonchev–Trinajstić information content (AvgIpc) is 3.65. The molecule has 0 N–H and O–H groups in total. The number of furan rings is 1. The SMILES string of the molecule is C1=CC2=c3ccccc3=C3C=C(c4ccc5oc6ccccc6c5c4)C=CC3C2C(c2cccc(-c3nc(C4=CCCC=C4)nc(-c4ccccc4)n3)c2)=C1. The molecule has 2 heterocycles. The Morgan fingerprint density at radius 1 is 0.527 bits per heavy atom. The summed E-state index contributed by atoms with van der Waals surface area (Å²) in [5.41, 5.74) is 12.4. The van der Waals surface area contributed by atoms with Gasteiger partial charge >= 0.3 is 0 Å². The molecule has 0 amide bonds. The smallest absolute Gasteiger partial charge is 0.164 e. The molecule has 4 nitrogen and oxygen atoms in total. The number of nitrogens with zero attached hydrogens (tertiary/aromatic N) is 3. The minimum absolute atomic E-state index is 0.144. The molecular formula is C51H35N3O. The molecule has 7 aromatic rings. The van der Waals surface area contributed by atoms with E-state index >= 15 is 0 Å². The summed E-state index contributed by atoms with van der Waals surface area (Å²) in [7, 11) is 0. The maximum Gasteiger partial charge on any atom is 0.164 e. The summed E-state index contributed by atoms with van der Waals surface area (Å²) in [4.78, 5) is 15.1. The first-order valence-corrected chi connectivity index (χ1v) is 19.1. The number of allylic oxidation sites excluding steroid dienone is 12. The van der Waals surface area contributed by atoms with Crippen LogP contribution in [0.4, 0.5) is 0 Å². The van der Waals surface area contributed by atoms with Crippen molar-refractivity contribution in [3.63, 3.8) is 0 Å². The molecule has 2 atom stereocenters. The number of benzene rings is 5. The van der Waals surface area contributed by atoms with Gasteiger partial charge in [-0.25, -0.2) is 15.0 Å². The van der Waals surface area contributed by atoms with Crippen molar-refractivity contribution in [2.45, 2.75) is 12.8 Å². The monoisotopic (exact) mass is 705 g/mol. The molecule has 4 heteroatoms. The van der Waals surface area contributed by atoms with Gasteiger partial charge in [-0.2, -0.15) is 0 Å². The third-order valence-corrected chi connectivity index (χ3v) is 11.4. The predicted molar refractivity (Wildman–Crippen MR) is 224 cm³/mol. The fourth-order valence-electron chi connectivity index (χ4n) is 8.76. The second-order valence-corrected chi connectivity index (χ2v) is 14.6. The summed E-state index contributed by atoms with van der Waals surface area (Å²) in [6.07, 6.45) is 22.6. The fraction of sp³-hybridized carbons (Fsp3) is 0.0784. The first-order valence-electron chi connectivity index (χ1n) is 19.1. The van der Waals surface area contributed by atoms with Gasteiger partial charge in [0.2, 0.25) is 0 Å². The van der Waals surface area contributed by atoms with Gasteiger partial charge in [0, 0.05) is 39.3 Å². The van der Waals surface area contributed by atoms with E-state index in [0.717, 1.165) is 51.5 Å². The van der Waals surface area contributed by atoms with Gasteiger partial charge in [0.1, 0.15) is 11.2 Å². The van der Waals surface area contributed by atoms with Gasteiger partial charge in [-0.1, -0.05) is 146 Å². The van der Waals surface area contributed by atoms with Crippen LogP contribution in [0.1, 0.15) is 29.8 Å². The molecule has 2 aromatic heterocycles. The van der Waals surface area contributed by atoms with Crippen LogP contribution < -0.4 is 10.4 Å². The summed E-state index contributed by atoms with van der Waals surface area (Å²) in [5, 5.41) is 4.88. The molecule has 0 aliphatic heterocycles. The highest BCUT2D eigenvalue weighted by molar-refractivity contribution is 6.06. The van der Waals surface area contributed by atoms with E-state index in [2.05, 4.69) is 146 Å². The minimum atomic E-state index is 0.144. The summed E-state index contributed by atoms with van der Waals surface area (Å²) in [6.45, 7) is 0. The maximum atomic E-state index is 6.16. The Balaban J connectivity index is 1.01. The van der Waals surface area contributed by atoms with E-state index in [1.807, 2.05) is 30.3 Å². The molecule has 0 saturated carbocycles. The molecule has 0 bridgehead atoms. The van der Waals surface area contributed by atoms with Crippen molar-refractivity contribution >= 4 is 49.8 Å². The molecular weight excluding hydrogens is 671 g/mol. The van der Waals surface area contributed by atoms with E-state index < -0.39 is 0 Å². The van der Waals surface area contributed by atoms with Crippen LogP contribution in [0, 0.1) is 11.8 Å². The molecule has 0 radical (unpaired) electrons. The first kappa shape index (κ1) is 31.6. The highest BCUT2D eigenvalue weighted by Crippen LogP contribution is 2.46. The quantitative estimate of drug-likeness (QED) is 0.179. The van der Waals surface area contributed by atoms with Crippen molar-refractivity contribution in [3.8, 4) is 22.8 Å². The topological polar surface area (TPSA) is 51.8 Å². The lowest BCUT2D eigenvalue weighted by molar-refractivity contribution is 0.669.